The fraction of sp³-hybridized carbons (Fsp3) is 0.128. The van der Waals surface area contributed by atoms with Crippen molar-refractivity contribution in [3.8, 4) is 22.5 Å². The Labute approximate surface area is 330 Å². The first-order valence-corrected chi connectivity index (χ1v) is 17.9. The van der Waals surface area contributed by atoms with Gasteiger partial charge in [0.05, 0.1) is 32.4 Å². The van der Waals surface area contributed by atoms with Gasteiger partial charge in [0, 0.05) is 28.7 Å². The Balaban J connectivity index is 0.00000541. The van der Waals surface area contributed by atoms with E-state index in [1.165, 1.54) is 24.3 Å². The van der Waals surface area contributed by atoms with E-state index in [4.69, 9.17) is 16.0 Å². The molecule has 0 saturated heterocycles. The fourth-order valence-corrected chi connectivity index (χ4v) is 6.32. The molecule has 0 spiro atoms. The summed E-state index contributed by atoms with van der Waals surface area (Å²) < 4.78 is 78.3. The molecule has 6 rings (SSSR count). The van der Waals surface area contributed by atoms with Crippen LogP contribution in [0, 0.1) is 0 Å². The van der Waals surface area contributed by atoms with Crippen LogP contribution < -0.4 is 40.2 Å². The van der Waals surface area contributed by atoms with Gasteiger partial charge in [0.25, 0.3) is 5.91 Å². The summed E-state index contributed by atoms with van der Waals surface area (Å²) in [5.41, 5.74) is 3.82. The molecule has 5 aromatic carbocycles. The van der Waals surface area contributed by atoms with E-state index >= 15 is 0 Å². The molecule has 0 saturated carbocycles. The van der Waals surface area contributed by atoms with Crippen LogP contribution in [0.15, 0.2) is 126 Å². The van der Waals surface area contributed by atoms with E-state index in [-0.39, 0.29) is 54.0 Å². The molecule has 266 valence electrons. The minimum Gasteiger partial charge on any atom is -0.748 e. The van der Waals surface area contributed by atoms with Gasteiger partial charge in [-0.3, -0.25) is 9.59 Å². The van der Waals surface area contributed by atoms with Gasteiger partial charge in [-0.05, 0) is 89.3 Å². The Morgan fingerprint density at radius 3 is 2.08 bits per heavy atom. The van der Waals surface area contributed by atoms with E-state index in [1.807, 2.05) is 42.5 Å². The summed E-state index contributed by atoms with van der Waals surface area (Å²) in [6.07, 6.45) is -4.37. The third-order valence-corrected chi connectivity index (χ3v) is 9.41. The Bertz CT molecular complexity index is 2320. The zero-order valence-corrected chi connectivity index (χ0v) is 31.7. The van der Waals surface area contributed by atoms with E-state index < -0.39 is 44.5 Å². The molecule has 0 aliphatic heterocycles. The van der Waals surface area contributed by atoms with Crippen molar-refractivity contribution in [2.45, 2.75) is 18.5 Å². The first-order valence-electron chi connectivity index (χ1n) is 15.9. The third-order valence-electron chi connectivity index (χ3n) is 8.39. The zero-order valence-electron chi connectivity index (χ0n) is 28.1. The molecule has 0 bridgehead atoms. The molecule has 2 N–H and O–H groups in total. The van der Waals surface area contributed by atoms with E-state index in [0.29, 0.717) is 33.7 Å². The SMILES string of the molecule is O=C(NCCS(=O)(=O)[O-])c1ccc(CC(C(=O)Nc2ccc(-c3cc4ccccc4o3)cc2)c2ccc(-c3ccc(C(F)(F)F)c(Cl)c3)cc2)cc1.[Na+]. The summed E-state index contributed by atoms with van der Waals surface area (Å²) in [5.74, 6) is -1.68. The number of halogens is 4. The van der Waals surface area contributed by atoms with Crippen LogP contribution in [0.3, 0.4) is 0 Å². The first-order chi connectivity index (χ1) is 24.7. The van der Waals surface area contributed by atoms with Gasteiger partial charge in [-0.1, -0.05) is 72.3 Å². The molecule has 6 aromatic rings. The van der Waals surface area contributed by atoms with Crippen molar-refractivity contribution in [2.24, 2.45) is 0 Å². The van der Waals surface area contributed by atoms with Gasteiger partial charge in [0.2, 0.25) is 5.91 Å². The summed E-state index contributed by atoms with van der Waals surface area (Å²) in [4.78, 5) is 26.4. The number of fused-ring (bicyclic) bond motifs is 1. The topological polar surface area (TPSA) is 129 Å². The van der Waals surface area contributed by atoms with Crippen molar-refractivity contribution in [2.75, 3.05) is 17.6 Å². The Morgan fingerprint density at radius 1 is 0.811 bits per heavy atom. The van der Waals surface area contributed by atoms with Gasteiger partial charge in [0.15, 0.2) is 0 Å². The Hall–Kier alpha value is -4.43. The molecule has 0 aliphatic carbocycles. The van der Waals surface area contributed by atoms with Crippen LogP contribution in [0.1, 0.15) is 33.0 Å². The van der Waals surface area contributed by atoms with Crippen molar-refractivity contribution in [1.82, 2.24) is 5.32 Å². The van der Waals surface area contributed by atoms with Crippen LogP contribution in [-0.4, -0.2) is 37.1 Å². The third kappa shape index (κ3) is 10.2. The second-order valence-electron chi connectivity index (χ2n) is 12.0. The molecule has 2 amide bonds. The second-order valence-corrected chi connectivity index (χ2v) is 13.9. The van der Waals surface area contributed by atoms with Crippen LogP contribution >= 0.6 is 11.6 Å². The van der Waals surface area contributed by atoms with Gasteiger partial charge in [-0.25, -0.2) is 8.42 Å². The first kappa shape index (κ1) is 39.8. The number of alkyl halides is 3. The predicted molar refractivity (Wildman–Crippen MR) is 192 cm³/mol. The van der Waals surface area contributed by atoms with Crippen molar-refractivity contribution >= 4 is 50.2 Å². The van der Waals surface area contributed by atoms with Crippen molar-refractivity contribution < 1.29 is 69.7 Å². The number of carbonyl (C=O) groups excluding carboxylic acids is 2. The summed E-state index contributed by atoms with van der Waals surface area (Å²) in [6, 6.07) is 33.5. The number of carbonyl (C=O) groups is 2. The van der Waals surface area contributed by atoms with Gasteiger partial charge in [-0.15, -0.1) is 0 Å². The van der Waals surface area contributed by atoms with Crippen LogP contribution in [0.4, 0.5) is 18.9 Å². The van der Waals surface area contributed by atoms with E-state index in [2.05, 4.69) is 10.6 Å². The normalized spacial score (nSPS) is 12.2. The maximum Gasteiger partial charge on any atom is 1.00 e. The summed E-state index contributed by atoms with van der Waals surface area (Å²) in [7, 11) is -4.48. The molecule has 0 aliphatic rings. The van der Waals surface area contributed by atoms with Crippen LogP contribution in [-0.2, 0) is 27.5 Å². The Kier molecular flexibility index (Phi) is 12.5. The maximum atomic E-state index is 13.9. The van der Waals surface area contributed by atoms with Crippen molar-refractivity contribution in [1.29, 1.82) is 0 Å². The summed E-state index contributed by atoms with van der Waals surface area (Å²) in [6.45, 7) is -0.331. The van der Waals surface area contributed by atoms with E-state index in [1.54, 1.807) is 48.5 Å². The second kappa shape index (κ2) is 16.7. The average Bonchev–Trinajstić information content (AvgIpc) is 3.55. The molecule has 1 aromatic heterocycles. The molecule has 1 heterocycles. The van der Waals surface area contributed by atoms with E-state index in [9.17, 15) is 35.7 Å². The number of furan rings is 1. The molecule has 0 radical (unpaired) electrons. The summed E-state index contributed by atoms with van der Waals surface area (Å²) in [5, 5.41) is 5.90. The van der Waals surface area contributed by atoms with Gasteiger partial charge >= 0.3 is 35.7 Å². The van der Waals surface area contributed by atoms with Crippen molar-refractivity contribution in [3.63, 3.8) is 0 Å². The quantitative estimate of drug-likeness (QED) is 0.129. The molecular formula is C39H29ClF3N2NaO6S. The molecule has 0 fully saturated rings. The minimum atomic E-state index is -4.59. The number of benzene rings is 5. The van der Waals surface area contributed by atoms with Gasteiger partial charge in [0.1, 0.15) is 11.3 Å². The van der Waals surface area contributed by atoms with Gasteiger partial charge in [-0.2, -0.15) is 13.2 Å². The predicted octanol–water partition coefficient (Wildman–Crippen LogP) is 5.68. The van der Waals surface area contributed by atoms with E-state index in [0.717, 1.165) is 22.6 Å². The maximum absolute atomic E-state index is 13.9. The van der Waals surface area contributed by atoms with Crippen LogP contribution in [0.25, 0.3) is 33.4 Å². The van der Waals surface area contributed by atoms with Gasteiger partial charge < -0.3 is 19.6 Å². The Morgan fingerprint density at radius 2 is 1.45 bits per heavy atom. The number of para-hydroxylation sites is 1. The average molecular weight is 769 g/mol. The number of nitrogens with one attached hydrogen (secondary N) is 2. The molecule has 53 heavy (non-hydrogen) atoms. The molecule has 1 unspecified atom stereocenters. The number of rotatable bonds is 11. The molecule has 8 nitrogen and oxygen atoms in total. The summed E-state index contributed by atoms with van der Waals surface area (Å²) >= 11 is 5.95. The largest absolute Gasteiger partial charge is 1.00 e. The standard InChI is InChI=1S/C39H30ClF3N2O6S.Na/c40-34-22-29(15-18-33(34)39(41,42)43)25-9-11-26(12-10-25)32(21-24-5-7-28(8-6-24)37(46)44-19-20-52(48,49)50)38(47)45-31-16-13-27(14-17-31)36-23-30-3-1-2-4-35(30)51-36;/h1-18,22-23,32H,19-21H2,(H,44,46)(H,45,47)(H,48,49,50);/q;+1/p-1. The van der Waals surface area contributed by atoms with Crippen LogP contribution in [0.5, 0.6) is 0 Å². The molecule has 1 atom stereocenters. The number of hydrogen-bond acceptors (Lipinski definition) is 6. The smallest absolute Gasteiger partial charge is 0.748 e. The molecule has 14 heteroatoms. The number of amides is 2. The van der Waals surface area contributed by atoms with Crippen molar-refractivity contribution in [3.05, 3.63) is 149 Å². The fourth-order valence-electron chi connectivity index (χ4n) is 5.69. The monoisotopic (exact) mass is 768 g/mol. The zero-order chi connectivity index (χ0) is 37.0. The number of anilines is 1. The number of hydrogen-bond donors (Lipinski definition) is 2. The molecular weight excluding hydrogens is 740 g/mol. The van der Waals surface area contributed by atoms with Crippen LogP contribution in [0.2, 0.25) is 5.02 Å². The minimum absolute atomic E-state index is 0.